The molecule has 1 amide bonds. The minimum Gasteiger partial charge on any atom is -0.355 e. The first-order valence-electron chi connectivity index (χ1n) is 7.25. The first kappa shape index (κ1) is 15.4. The van der Waals surface area contributed by atoms with Crippen molar-refractivity contribution in [2.24, 2.45) is 0 Å². The highest BCUT2D eigenvalue weighted by atomic mass is 32.1. The standard InChI is InChI=1S/C16H16N4O2S/c1-11-4-2-3-5-13(11)16-19-15(22-20-16)8-14(21)17-7-6-12-9-23-10-18-12/h2-5,9-10H,6-8H2,1H3,(H,17,21). The maximum atomic E-state index is 11.9. The smallest absolute Gasteiger partial charge is 0.236 e. The largest absolute Gasteiger partial charge is 0.355 e. The van der Waals surface area contributed by atoms with Gasteiger partial charge in [-0.25, -0.2) is 4.98 Å². The molecule has 0 aliphatic heterocycles. The minimum absolute atomic E-state index is 0.0793. The van der Waals surface area contributed by atoms with Crippen LogP contribution in [0.5, 0.6) is 0 Å². The Bertz CT molecular complexity index is 783. The molecule has 0 atom stereocenters. The predicted octanol–water partition coefficient (Wildman–Crippen LogP) is 2.40. The quantitative estimate of drug-likeness (QED) is 0.751. The Morgan fingerprint density at radius 2 is 2.22 bits per heavy atom. The third-order valence-corrected chi connectivity index (χ3v) is 3.99. The molecule has 7 heteroatoms. The van der Waals surface area contributed by atoms with Gasteiger partial charge in [-0.05, 0) is 12.5 Å². The number of carbonyl (C=O) groups excluding carboxylic acids is 1. The summed E-state index contributed by atoms with van der Waals surface area (Å²) < 4.78 is 5.16. The average molecular weight is 328 g/mol. The van der Waals surface area contributed by atoms with Crippen molar-refractivity contribution in [3.05, 3.63) is 52.3 Å². The Labute approximate surface area is 137 Å². The van der Waals surface area contributed by atoms with Crippen molar-refractivity contribution in [2.45, 2.75) is 19.8 Å². The molecular formula is C16H16N4O2S. The summed E-state index contributed by atoms with van der Waals surface area (Å²) in [6.07, 6.45) is 0.795. The molecule has 3 aromatic rings. The fraction of sp³-hybridized carbons (Fsp3) is 0.250. The van der Waals surface area contributed by atoms with Gasteiger partial charge in [0.15, 0.2) is 0 Å². The topological polar surface area (TPSA) is 80.9 Å². The number of nitrogens with one attached hydrogen (secondary N) is 1. The number of hydrogen-bond donors (Lipinski definition) is 1. The van der Waals surface area contributed by atoms with Gasteiger partial charge in [0.1, 0.15) is 6.42 Å². The number of carbonyl (C=O) groups is 1. The summed E-state index contributed by atoms with van der Waals surface area (Å²) in [4.78, 5) is 20.4. The van der Waals surface area contributed by atoms with Crippen LogP contribution in [0.2, 0.25) is 0 Å². The zero-order valence-electron chi connectivity index (χ0n) is 12.7. The molecule has 118 valence electrons. The van der Waals surface area contributed by atoms with Crippen LogP contribution in [0.15, 0.2) is 39.7 Å². The SMILES string of the molecule is Cc1ccccc1-c1noc(CC(=O)NCCc2cscn2)n1. The highest BCUT2D eigenvalue weighted by Crippen LogP contribution is 2.19. The summed E-state index contributed by atoms with van der Waals surface area (Å²) >= 11 is 1.55. The van der Waals surface area contributed by atoms with Crippen molar-refractivity contribution >= 4 is 17.2 Å². The summed E-state index contributed by atoms with van der Waals surface area (Å²) in [6.45, 7) is 2.53. The van der Waals surface area contributed by atoms with E-state index in [0.29, 0.717) is 24.7 Å². The van der Waals surface area contributed by atoms with Gasteiger partial charge in [-0.1, -0.05) is 29.4 Å². The molecule has 0 aliphatic rings. The molecule has 0 aliphatic carbocycles. The van der Waals surface area contributed by atoms with Gasteiger partial charge in [0, 0.05) is 23.9 Å². The van der Waals surface area contributed by atoms with E-state index in [-0.39, 0.29) is 12.3 Å². The Morgan fingerprint density at radius 3 is 3.00 bits per heavy atom. The van der Waals surface area contributed by atoms with Gasteiger partial charge in [-0.2, -0.15) is 4.98 Å². The van der Waals surface area contributed by atoms with E-state index >= 15 is 0 Å². The molecule has 0 saturated carbocycles. The zero-order valence-corrected chi connectivity index (χ0v) is 13.5. The second kappa shape index (κ2) is 7.15. The van der Waals surface area contributed by atoms with Crippen LogP contribution in [0, 0.1) is 6.92 Å². The van der Waals surface area contributed by atoms with E-state index in [2.05, 4.69) is 20.4 Å². The van der Waals surface area contributed by atoms with Crippen molar-refractivity contribution in [1.29, 1.82) is 0 Å². The molecule has 23 heavy (non-hydrogen) atoms. The highest BCUT2D eigenvalue weighted by molar-refractivity contribution is 7.07. The van der Waals surface area contributed by atoms with Crippen molar-refractivity contribution in [3.8, 4) is 11.4 Å². The van der Waals surface area contributed by atoms with E-state index in [0.717, 1.165) is 16.8 Å². The van der Waals surface area contributed by atoms with Crippen LogP contribution in [0.3, 0.4) is 0 Å². The van der Waals surface area contributed by atoms with Crippen molar-refractivity contribution in [3.63, 3.8) is 0 Å². The number of thiazole rings is 1. The van der Waals surface area contributed by atoms with E-state index in [9.17, 15) is 4.79 Å². The molecule has 3 rings (SSSR count). The highest BCUT2D eigenvalue weighted by Gasteiger charge is 2.13. The van der Waals surface area contributed by atoms with Gasteiger partial charge in [-0.15, -0.1) is 11.3 Å². The third-order valence-electron chi connectivity index (χ3n) is 3.35. The lowest BCUT2D eigenvalue weighted by molar-refractivity contribution is -0.120. The number of amides is 1. The predicted molar refractivity (Wildman–Crippen MR) is 87.0 cm³/mol. The number of rotatable bonds is 6. The Morgan fingerprint density at radius 1 is 1.35 bits per heavy atom. The molecule has 2 heterocycles. The maximum absolute atomic E-state index is 11.9. The summed E-state index contributed by atoms with van der Waals surface area (Å²) in [5.74, 6) is 0.683. The number of aryl methyl sites for hydroxylation is 1. The summed E-state index contributed by atoms with van der Waals surface area (Å²) in [7, 11) is 0. The van der Waals surface area contributed by atoms with Gasteiger partial charge >= 0.3 is 0 Å². The Kier molecular flexibility index (Phi) is 4.77. The second-order valence-electron chi connectivity index (χ2n) is 5.08. The lowest BCUT2D eigenvalue weighted by atomic mass is 10.1. The molecule has 1 N–H and O–H groups in total. The molecule has 1 aromatic carbocycles. The Hall–Kier alpha value is -2.54. The lowest BCUT2D eigenvalue weighted by Crippen LogP contribution is -2.27. The third kappa shape index (κ3) is 4.01. The van der Waals surface area contributed by atoms with Crippen LogP contribution in [0.25, 0.3) is 11.4 Å². The molecule has 6 nitrogen and oxygen atoms in total. The molecule has 2 aromatic heterocycles. The normalized spacial score (nSPS) is 10.7. The lowest BCUT2D eigenvalue weighted by Gasteiger charge is -2.01. The summed E-state index contributed by atoms with van der Waals surface area (Å²) in [6, 6.07) is 7.79. The molecule has 0 saturated heterocycles. The van der Waals surface area contributed by atoms with Crippen LogP contribution in [0.4, 0.5) is 0 Å². The second-order valence-corrected chi connectivity index (χ2v) is 5.80. The first-order valence-corrected chi connectivity index (χ1v) is 8.19. The maximum Gasteiger partial charge on any atom is 0.236 e. The molecule has 0 bridgehead atoms. The average Bonchev–Trinajstić information content (AvgIpc) is 3.20. The number of benzene rings is 1. The molecule has 0 unspecified atom stereocenters. The Balaban J connectivity index is 1.54. The van der Waals surface area contributed by atoms with E-state index in [1.165, 1.54) is 0 Å². The van der Waals surface area contributed by atoms with E-state index < -0.39 is 0 Å². The van der Waals surface area contributed by atoms with Gasteiger partial charge in [0.2, 0.25) is 17.6 Å². The minimum atomic E-state index is -0.139. The fourth-order valence-electron chi connectivity index (χ4n) is 2.15. The van der Waals surface area contributed by atoms with Gasteiger partial charge in [-0.3, -0.25) is 4.79 Å². The van der Waals surface area contributed by atoms with E-state index in [1.54, 1.807) is 16.8 Å². The molecule has 0 spiro atoms. The fourth-order valence-corrected chi connectivity index (χ4v) is 2.74. The van der Waals surface area contributed by atoms with Crippen molar-refractivity contribution in [1.82, 2.24) is 20.4 Å². The monoisotopic (exact) mass is 328 g/mol. The van der Waals surface area contributed by atoms with Gasteiger partial charge in [0.25, 0.3) is 0 Å². The first-order chi connectivity index (χ1) is 11.2. The van der Waals surface area contributed by atoms with Crippen LogP contribution in [-0.2, 0) is 17.6 Å². The number of hydrogen-bond acceptors (Lipinski definition) is 6. The van der Waals surface area contributed by atoms with Crippen LogP contribution in [0.1, 0.15) is 17.1 Å². The number of aromatic nitrogens is 3. The van der Waals surface area contributed by atoms with Gasteiger partial charge in [0.05, 0.1) is 11.2 Å². The molecule has 0 radical (unpaired) electrons. The van der Waals surface area contributed by atoms with Crippen LogP contribution in [-0.4, -0.2) is 27.6 Å². The van der Waals surface area contributed by atoms with Crippen LogP contribution >= 0.6 is 11.3 Å². The van der Waals surface area contributed by atoms with Crippen molar-refractivity contribution in [2.75, 3.05) is 6.54 Å². The summed E-state index contributed by atoms with van der Waals surface area (Å²) in [5.41, 5.74) is 4.73. The summed E-state index contributed by atoms with van der Waals surface area (Å²) in [5, 5.41) is 8.75. The van der Waals surface area contributed by atoms with E-state index in [1.807, 2.05) is 36.6 Å². The molecular weight excluding hydrogens is 312 g/mol. The van der Waals surface area contributed by atoms with Crippen molar-refractivity contribution < 1.29 is 9.32 Å². The van der Waals surface area contributed by atoms with Gasteiger partial charge < -0.3 is 9.84 Å². The van der Waals surface area contributed by atoms with E-state index in [4.69, 9.17) is 4.52 Å². The van der Waals surface area contributed by atoms with Crippen LogP contribution < -0.4 is 5.32 Å². The number of nitrogens with zero attached hydrogens (tertiary/aromatic N) is 3. The molecule has 0 fully saturated rings. The zero-order chi connectivity index (χ0) is 16.1.